The number of hydrogen-bond donors (Lipinski definition) is 2. The van der Waals surface area contributed by atoms with Crippen LogP contribution in [0.5, 0.6) is 0 Å². The molecule has 1 amide bonds. The molecule has 1 unspecified atom stereocenters. The lowest BCUT2D eigenvalue weighted by Gasteiger charge is -2.19. The van der Waals surface area contributed by atoms with Gasteiger partial charge in [0.15, 0.2) is 0 Å². The van der Waals surface area contributed by atoms with Crippen molar-refractivity contribution in [2.24, 2.45) is 0 Å². The molecule has 1 aliphatic rings. The summed E-state index contributed by atoms with van der Waals surface area (Å²) in [7, 11) is 1.58. The molecule has 2 N–H and O–H groups in total. The molecule has 1 atom stereocenters. The standard InChI is InChI=1S/C22H23N5O3/c1-30-14-19(15-7-9-17(10-8-15)27-12-4-11-23-27)25-22(29)18-13-20(28)26-21(24-18)16-5-2-3-6-16/h4-5,7-13,19H,2-3,6,14H2,1H3,(H,25,29)(H,24,26,28). The maximum Gasteiger partial charge on any atom is 0.270 e. The van der Waals surface area contributed by atoms with Crippen LogP contribution in [0.1, 0.15) is 47.2 Å². The first kappa shape index (κ1) is 19.8. The van der Waals surface area contributed by atoms with E-state index in [1.54, 1.807) is 18.0 Å². The molecule has 154 valence electrons. The molecule has 2 heterocycles. The summed E-state index contributed by atoms with van der Waals surface area (Å²) in [4.78, 5) is 32.0. The number of aromatic nitrogens is 4. The summed E-state index contributed by atoms with van der Waals surface area (Å²) in [6.07, 6.45) is 8.46. The Bertz CT molecular complexity index is 1100. The van der Waals surface area contributed by atoms with Gasteiger partial charge in [-0.2, -0.15) is 5.10 Å². The Morgan fingerprint density at radius 3 is 2.83 bits per heavy atom. The van der Waals surface area contributed by atoms with Gasteiger partial charge in [-0.1, -0.05) is 18.2 Å². The number of benzene rings is 1. The van der Waals surface area contributed by atoms with Crippen LogP contribution in [-0.2, 0) is 4.74 Å². The summed E-state index contributed by atoms with van der Waals surface area (Å²) in [6.45, 7) is 0.286. The largest absolute Gasteiger partial charge is 0.382 e. The summed E-state index contributed by atoms with van der Waals surface area (Å²) in [6, 6.07) is 10.4. The third-order valence-electron chi connectivity index (χ3n) is 5.02. The van der Waals surface area contributed by atoms with Crippen LogP contribution in [0.2, 0.25) is 0 Å². The van der Waals surface area contributed by atoms with Gasteiger partial charge in [0.2, 0.25) is 0 Å². The zero-order valence-electron chi connectivity index (χ0n) is 16.7. The van der Waals surface area contributed by atoms with Gasteiger partial charge in [0.1, 0.15) is 11.5 Å². The summed E-state index contributed by atoms with van der Waals surface area (Å²) in [5.74, 6) is 0.0520. The number of rotatable bonds is 7. The third kappa shape index (κ3) is 4.38. The Kier molecular flexibility index (Phi) is 5.85. The lowest BCUT2D eigenvalue weighted by Crippen LogP contribution is -2.33. The molecule has 30 heavy (non-hydrogen) atoms. The third-order valence-corrected chi connectivity index (χ3v) is 5.02. The van der Waals surface area contributed by atoms with Crippen LogP contribution in [0.25, 0.3) is 11.3 Å². The summed E-state index contributed by atoms with van der Waals surface area (Å²) >= 11 is 0. The highest BCUT2D eigenvalue weighted by molar-refractivity contribution is 5.92. The lowest BCUT2D eigenvalue weighted by molar-refractivity contribution is 0.0891. The maximum absolute atomic E-state index is 12.9. The fourth-order valence-corrected chi connectivity index (χ4v) is 3.51. The Balaban J connectivity index is 1.54. The fourth-order valence-electron chi connectivity index (χ4n) is 3.51. The molecule has 2 aromatic heterocycles. The van der Waals surface area contributed by atoms with E-state index < -0.39 is 5.91 Å². The van der Waals surface area contributed by atoms with E-state index in [9.17, 15) is 9.59 Å². The van der Waals surface area contributed by atoms with Crippen molar-refractivity contribution in [3.8, 4) is 5.69 Å². The van der Waals surface area contributed by atoms with Crippen molar-refractivity contribution in [1.82, 2.24) is 25.1 Å². The van der Waals surface area contributed by atoms with Crippen LogP contribution in [0.3, 0.4) is 0 Å². The minimum atomic E-state index is -0.417. The van der Waals surface area contributed by atoms with Crippen LogP contribution in [0.15, 0.2) is 59.7 Å². The lowest BCUT2D eigenvalue weighted by atomic mass is 10.1. The van der Waals surface area contributed by atoms with Gasteiger partial charge in [0.25, 0.3) is 11.5 Å². The van der Waals surface area contributed by atoms with Gasteiger partial charge in [-0.05, 0) is 48.6 Å². The van der Waals surface area contributed by atoms with Crippen LogP contribution in [0, 0.1) is 0 Å². The minimum absolute atomic E-state index is 0.0933. The van der Waals surface area contributed by atoms with E-state index in [0.29, 0.717) is 5.82 Å². The van der Waals surface area contributed by atoms with E-state index in [4.69, 9.17) is 4.74 Å². The molecule has 0 fully saturated rings. The van der Waals surface area contributed by atoms with Crippen molar-refractivity contribution >= 4 is 11.5 Å². The maximum atomic E-state index is 12.9. The van der Waals surface area contributed by atoms with Gasteiger partial charge in [0.05, 0.1) is 18.3 Å². The number of aromatic amines is 1. The molecule has 0 spiro atoms. The monoisotopic (exact) mass is 405 g/mol. The number of methoxy groups -OCH3 is 1. The molecule has 4 rings (SSSR count). The van der Waals surface area contributed by atoms with E-state index in [2.05, 4.69) is 26.5 Å². The van der Waals surface area contributed by atoms with Gasteiger partial charge in [-0.3, -0.25) is 9.59 Å². The zero-order chi connectivity index (χ0) is 20.9. The number of carbonyl (C=O) groups excluding carboxylic acids is 1. The molecule has 1 aliphatic carbocycles. The van der Waals surface area contributed by atoms with E-state index >= 15 is 0 Å². The molecule has 8 nitrogen and oxygen atoms in total. The summed E-state index contributed by atoms with van der Waals surface area (Å²) in [5.41, 5.74) is 2.52. The van der Waals surface area contributed by atoms with Gasteiger partial charge in [-0.25, -0.2) is 9.67 Å². The highest BCUT2D eigenvalue weighted by Crippen LogP contribution is 2.24. The first-order valence-corrected chi connectivity index (χ1v) is 9.84. The SMILES string of the molecule is COCC(NC(=O)c1cc(=O)[nH]c(C2=CCCC2)n1)c1ccc(-n2cccn2)cc1. The molecular weight excluding hydrogens is 382 g/mol. The topological polar surface area (TPSA) is 102 Å². The molecule has 0 bridgehead atoms. The van der Waals surface area contributed by atoms with Crippen molar-refractivity contribution in [1.29, 1.82) is 0 Å². The van der Waals surface area contributed by atoms with Crippen molar-refractivity contribution < 1.29 is 9.53 Å². The number of allylic oxidation sites excluding steroid dienone is 2. The molecule has 0 saturated carbocycles. The van der Waals surface area contributed by atoms with E-state index in [1.165, 1.54) is 6.07 Å². The number of H-pyrrole nitrogens is 1. The average molecular weight is 405 g/mol. The first-order chi connectivity index (χ1) is 14.6. The molecule has 0 saturated heterocycles. The van der Waals surface area contributed by atoms with Gasteiger partial charge in [0, 0.05) is 25.6 Å². The van der Waals surface area contributed by atoms with Crippen molar-refractivity contribution in [2.75, 3.05) is 13.7 Å². The second-order valence-electron chi connectivity index (χ2n) is 7.12. The minimum Gasteiger partial charge on any atom is -0.382 e. The number of hydrogen-bond acceptors (Lipinski definition) is 5. The normalized spacial score (nSPS) is 14.4. The highest BCUT2D eigenvalue weighted by atomic mass is 16.5. The van der Waals surface area contributed by atoms with Gasteiger partial charge < -0.3 is 15.0 Å². The summed E-state index contributed by atoms with van der Waals surface area (Å²) < 4.78 is 7.05. The molecule has 3 aromatic rings. The molecule has 0 aliphatic heterocycles. The molecular formula is C22H23N5O3. The number of ether oxygens (including phenoxy) is 1. The molecule has 8 heteroatoms. The smallest absolute Gasteiger partial charge is 0.270 e. The van der Waals surface area contributed by atoms with Crippen LogP contribution in [0.4, 0.5) is 0 Å². The van der Waals surface area contributed by atoms with E-state index in [-0.39, 0.29) is 23.9 Å². The quantitative estimate of drug-likeness (QED) is 0.629. The number of carbonyl (C=O) groups is 1. The van der Waals surface area contributed by atoms with Crippen LogP contribution >= 0.6 is 0 Å². The Morgan fingerprint density at radius 1 is 1.33 bits per heavy atom. The van der Waals surface area contributed by atoms with Crippen molar-refractivity contribution in [3.63, 3.8) is 0 Å². The second-order valence-corrected chi connectivity index (χ2v) is 7.12. The van der Waals surface area contributed by atoms with Crippen LogP contribution in [-0.4, -0.2) is 39.4 Å². The predicted octanol–water partition coefficient (Wildman–Crippen LogP) is 2.64. The van der Waals surface area contributed by atoms with E-state index in [0.717, 1.165) is 36.1 Å². The molecule has 0 radical (unpaired) electrons. The van der Waals surface area contributed by atoms with E-state index in [1.807, 2.05) is 36.5 Å². The van der Waals surface area contributed by atoms with Gasteiger partial charge >= 0.3 is 0 Å². The second kappa shape index (κ2) is 8.87. The van der Waals surface area contributed by atoms with Gasteiger partial charge in [-0.15, -0.1) is 0 Å². The summed E-state index contributed by atoms with van der Waals surface area (Å²) in [5, 5.41) is 7.14. The highest BCUT2D eigenvalue weighted by Gasteiger charge is 2.19. The fraction of sp³-hybridized carbons (Fsp3) is 0.273. The number of amides is 1. The zero-order valence-corrected chi connectivity index (χ0v) is 16.7. The Morgan fingerprint density at radius 2 is 2.17 bits per heavy atom. The predicted molar refractivity (Wildman–Crippen MR) is 112 cm³/mol. The Hall–Kier alpha value is -3.52. The average Bonchev–Trinajstić information content (AvgIpc) is 3.47. The number of nitrogens with zero attached hydrogens (tertiary/aromatic N) is 3. The van der Waals surface area contributed by atoms with Crippen molar-refractivity contribution in [3.05, 3.63) is 82.3 Å². The Labute approximate surface area is 173 Å². The molecule has 1 aromatic carbocycles. The first-order valence-electron chi connectivity index (χ1n) is 9.84. The van der Waals surface area contributed by atoms with Crippen LogP contribution < -0.4 is 10.9 Å². The van der Waals surface area contributed by atoms with Crippen molar-refractivity contribution in [2.45, 2.75) is 25.3 Å². The number of nitrogens with one attached hydrogen (secondary N) is 2.